The van der Waals surface area contributed by atoms with Gasteiger partial charge in [0.15, 0.2) is 0 Å². The lowest BCUT2D eigenvalue weighted by atomic mass is 10.0. The van der Waals surface area contributed by atoms with Gasteiger partial charge in [-0.25, -0.2) is 0 Å². The fourth-order valence-corrected chi connectivity index (χ4v) is 6.49. The van der Waals surface area contributed by atoms with Crippen LogP contribution in [0.3, 0.4) is 0 Å². The summed E-state index contributed by atoms with van der Waals surface area (Å²) < 4.78 is 6.02. The summed E-state index contributed by atoms with van der Waals surface area (Å²) in [5, 5.41) is 8.84. The summed E-state index contributed by atoms with van der Waals surface area (Å²) in [5.41, 5.74) is 0. The minimum Gasteiger partial charge on any atom is -0.481 e. The monoisotopic (exact) mass is 687 g/mol. The van der Waals surface area contributed by atoms with Crippen molar-refractivity contribution in [3.63, 3.8) is 0 Å². The van der Waals surface area contributed by atoms with Crippen molar-refractivity contribution in [1.29, 1.82) is 0 Å². The van der Waals surface area contributed by atoms with Crippen LogP contribution in [0.4, 0.5) is 0 Å². The van der Waals surface area contributed by atoms with Crippen LogP contribution < -0.4 is 0 Å². The molecule has 0 fully saturated rings. The number of carboxylic acids is 1. The molecule has 286 valence electrons. The van der Waals surface area contributed by atoms with Crippen LogP contribution in [0.25, 0.3) is 0 Å². The first kappa shape index (κ1) is 47.2. The van der Waals surface area contributed by atoms with Crippen LogP contribution in [0.5, 0.6) is 0 Å². The number of ether oxygens (including phenoxy) is 1. The van der Waals surface area contributed by atoms with E-state index in [1.54, 1.807) is 0 Å². The number of carbonyl (C=O) groups excluding carboxylic acids is 1. The highest BCUT2D eigenvalue weighted by molar-refractivity contribution is 5.69. The number of hydrogen-bond acceptors (Lipinski definition) is 3. The number of allylic oxidation sites excluding steroid dienone is 6. The molecule has 49 heavy (non-hydrogen) atoms. The van der Waals surface area contributed by atoms with Gasteiger partial charge in [-0.05, 0) is 70.6 Å². The molecule has 4 heteroatoms. The predicted octanol–water partition coefficient (Wildman–Crippen LogP) is 15.0. The highest BCUT2D eigenvalue weighted by Gasteiger charge is 2.14. The normalized spacial score (nSPS) is 12.5. The standard InChI is InChI=1S/C45H82O4/c1-3-5-7-9-11-13-15-17-19-20-21-23-25-27-29-34-38-42-45(48)49-43(40-36-32-30-33-37-41-44(46)47)39-35-31-28-26-24-22-18-16-14-12-10-8-6-4-2/h5,7,11,13,17,19,43H,3-4,6,8-10,12,14-16,18,20-42H2,1-2H3,(H,46,47)/b7-5-,13-11-,19-17-. The molecule has 1 atom stereocenters. The topological polar surface area (TPSA) is 63.6 Å². The molecule has 0 aliphatic carbocycles. The van der Waals surface area contributed by atoms with E-state index in [9.17, 15) is 9.59 Å². The van der Waals surface area contributed by atoms with E-state index in [0.717, 1.165) is 83.5 Å². The first-order valence-corrected chi connectivity index (χ1v) is 21.5. The van der Waals surface area contributed by atoms with Crippen molar-refractivity contribution < 1.29 is 19.4 Å². The molecule has 0 aromatic heterocycles. The van der Waals surface area contributed by atoms with Crippen molar-refractivity contribution in [2.45, 2.75) is 238 Å². The Bertz CT molecular complexity index is 783. The van der Waals surface area contributed by atoms with Crippen molar-refractivity contribution in [2.75, 3.05) is 0 Å². The van der Waals surface area contributed by atoms with Gasteiger partial charge < -0.3 is 9.84 Å². The number of rotatable bonds is 39. The maximum Gasteiger partial charge on any atom is 0.306 e. The van der Waals surface area contributed by atoms with Gasteiger partial charge in [0, 0.05) is 12.8 Å². The predicted molar refractivity (Wildman–Crippen MR) is 213 cm³/mol. The van der Waals surface area contributed by atoms with E-state index < -0.39 is 5.97 Å². The number of hydrogen-bond donors (Lipinski definition) is 1. The molecule has 4 nitrogen and oxygen atoms in total. The van der Waals surface area contributed by atoms with E-state index in [0.29, 0.717) is 6.42 Å². The fraction of sp³-hybridized carbons (Fsp3) is 0.822. The third kappa shape index (κ3) is 40.5. The molecular formula is C45H82O4. The van der Waals surface area contributed by atoms with E-state index in [2.05, 4.69) is 50.3 Å². The summed E-state index contributed by atoms with van der Waals surface area (Å²) in [5.74, 6) is -0.704. The third-order valence-electron chi connectivity index (χ3n) is 9.63. The second kappa shape index (κ2) is 40.6. The molecule has 0 aromatic rings. The Hall–Kier alpha value is -1.84. The maximum atomic E-state index is 12.7. The first-order valence-electron chi connectivity index (χ1n) is 21.5. The molecule has 1 N–H and O–H groups in total. The Balaban J connectivity index is 4.02. The first-order chi connectivity index (χ1) is 24.1. The third-order valence-corrected chi connectivity index (χ3v) is 9.63. The molecule has 1 unspecified atom stereocenters. The van der Waals surface area contributed by atoms with Crippen molar-refractivity contribution in [2.24, 2.45) is 0 Å². The van der Waals surface area contributed by atoms with E-state index in [4.69, 9.17) is 9.84 Å². The molecule has 0 heterocycles. The Morgan fingerprint density at radius 3 is 1.33 bits per heavy atom. The zero-order valence-corrected chi connectivity index (χ0v) is 32.8. The molecule has 0 amide bonds. The van der Waals surface area contributed by atoms with Gasteiger partial charge >= 0.3 is 11.9 Å². The molecule has 0 saturated carbocycles. The molecule has 0 spiro atoms. The van der Waals surface area contributed by atoms with Crippen LogP contribution in [0.15, 0.2) is 36.5 Å². The zero-order valence-electron chi connectivity index (χ0n) is 32.8. The second-order valence-electron chi connectivity index (χ2n) is 14.5. The summed E-state index contributed by atoms with van der Waals surface area (Å²) in [4.78, 5) is 23.4. The van der Waals surface area contributed by atoms with Gasteiger partial charge in [0.25, 0.3) is 0 Å². The minimum absolute atomic E-state index is 0.00382. The molecule has 0 aliphatic rings. The van der Waals surface area contributed by atoms with Crippen LogP contribution in [-0.2, 0) is 14.3 Å². The number of aliphatic carboxylic acids is 1. The summed E-state index contributed by atoms with van der Waals surface area (Å²) in [6, 6.07) is 0. The molecule has 0 aromatic carbocycles. The summed E-state index contributed by atoms with van der Waals surface area (Å²) in [7, 11) is 0. The summed E-state index contributed by atoms with van der Waals surface area (Å²) in [6.07, 6.45) is 53.1. The molecular weight excluding hydrogens is 604 g/mol. The molecule has 0 bridgehead atoms. The SMILES string of the molecule is CC/C=C\C/C=C\C/C=C\CCCCCCCCCC(=O)OC(CCCCCCCCCCCCCCCC)CCCCCCCC(=O)O. The highest BCUT2D eigenvalue weighted by Crippen LogP contribution is 2.19. The Labute approximate surface area is 305 Å². The van der Waals surface area contributed by atoms with Gasteiger partial charge in [0.05, 0.1) is 0 Å². The van der Waals surface area contributed by atoms with Crippen molar-refractivity contribution in [3.05, 3.63) is 36.5 Å². The number of carbonyl (C=O) groups is 2. The maximum absolute atomic E-state index is 12.7. The van der Waals surface area contributed by atoms with Crippen molar-refractivity contribution >= 4 is 11.9 Å². The van der Waals surface area contributed by atoms with Gasteiger partial charge in [-0.3, -0.25) is 9.59 Å². The van der Waals surface area contributed by atoms with Crippen LogP contribution in [0, 0.1) is 0 Å². The van der Waals surface area contributed by atoms with Gasteiger partial charge in [-0.1, -0.05) is 185 Å². The highest BCUT2D eigenvalue weighted by atomic mass is 16.5. The quantitative estimate of drug-likeness (QED) is 0.0397. The van der Waals surface area contributed by atoms with Gasteiger partial charge in [-0.15, -0.1) is 0 Å². The molecule has 0 rings (SSSR count). The lowest BCUT2D eigenvalue weighted by molar-refractivity contribution is -0.150. The number of carboxylic acid groups (broad SMARTS) is 1. The van der Waals surface area contributed by atoms with Crippen LogP contribution in [0.2, 0.25) is 0 Å². The number of unbranched alkanes of at least 4 members (excludes halogenated alkanes) is 24. The molecule has 0 saturated heterocycles. The Kier molecular flexibility index (Phi) is 39.1. The average Bonchev–Trinajstić information content (AvgIpc) is 3.09. The van der Waals surface area contributed by atoms with Crippen LogP contribution >= 0.6 is 0 Å². The lowest BCUT2D eigenvalue weighted by Gasteiger charge is -2.18. The van der Waals surface area contributed by atoms with Gasteiger partial charge in [0.2, 0.25) is 0 Å². The van der Waals surface area contributed by atoms with Crippen molar-refractivity contribution in [1.82, 2.24) is 0 Å². The van der Waals surface area contributed by atoms with E-state index in [1.807, 2.05) is 0 Å². The second-order valence-corrected chi connectivity index (χ2v) is 14.5. The largest absolute Gasteiger partial charge is 0.481 e. The number of esters is 1. The summed E-state index contributed by atoms with van der Waals surface area (Å²) >= 11 is 0. The average molecular weight is 687 g/mol. The van der Waals surface area contributed by atoms with E-state index in [1.165, 1.54) is 122 Å². The van der Waals surface area contributed by atoms with E-state index in [-0.39, 0.29) is 18.5 Å². The van der Waals surface area contributed by atoms with Crippen LogP contribution in [0.1, 0.15) is 232 Å². The lowest BCUT2D eigenvalue weighted by Crippen LogP contribution is -2.18. The van der Waals surface area contributed by atoms with Crippen LogP contribution in [-0.4, -0.2) is 23.1 Å². The molecule has 0 aliphatic heterocycles. The van der Waals surface area contributed by atoms with Gasteiger partial charge in [0.1, 0.15) is 6.10 Å². The smallest absolute Gasteiger partial charge is 0.306 e. The van der Waals surface area contributed by atoms with Gasteiger partial charge in [-0.2, -0.15) is 0 Å². The van der Waals surface area contributed by atoms with E-state index >= 15 is 0 Å². The molecule has 0 radical (unpaired) electrons. The van der Waals surface area contributed by atoms with Crippen molar-refractivity contribution in [3.8, 4) is 0 Å². The Morgan fingerprint density at radius 2 is 0.857 bits per heavy atom. The Morgan fingerprint density at radius 1 is 0.469 bits per heavy atom. The minimum atomic E-state index is -0.700. The summed E-state index contributed by atoms with van der Waals surface area (Å²) in [6.45, 7) is 4.45. The zero-order chi connectivity index (χ0) is 35.7. The fourth-order valence-electron chi connectivity index (χ4n) is 6.49.